The Labute approximate surface area is 223 Å². The fourth-order valence-electron chi connectivity index (χ4n) is 4.34. The molecule has 11 heteroatoms. The first-order valence-corrected chi connectivity index (χ1v) is 13.1. The van der Waals surface area contributed by atoms with E-state index in [1.165, 1.54) is 17.4 Å². The maximum atomic E-state index is 13.6. The SMILES string of the molecule is Cc1cc2nc(N[C@@H](C)c3cncc(F)c3)nc(C(=O)N3CC[C@@H](NC(=O)OCc4ccccc4)C3)c2s1. The van der Waals surface area contributed by atoms with Crippen LogP contribution in [0.3, 0.4) is 0 Å². The zero-order valence-electron chi connectivity index (χ0n) is 21.0. The highest BCUT2D eigenvalue weighted by atomic mass is 32.1. The Morgan fingerprint density at radius 2 is 2.03 bits per heavy atom. The second-order valence-corrected chi connectivity index (χ2v) is 10.5. The van der Waals surface area contributed by atoms with E-state index < -0.39 is 11.9 Å². The number of benzene rings is 1. The molecule has 1 aliphatic rings. The summed E-state index contributed by atoms with van der Waals surface area (Å²) in [5, 5.41) is 6.02. The molecule has 2 atom stereocenters. The van der Waals surface area contributed by atoms with Gasteiger partial charge in [-0.15, -0.1) is 11.3 Å². The van der Waals surface area contributed by atoms with Gasteiger partial charge in [-0.05, 0) is 43.5 Å². The monoisotopic (exact) mass is 534 g/mol. The molecular formula is C27H27FN6O3S. The van der Waals surface area contributed by atoms with E-state index >= 15 is 0 Å². The number of pyridine rings is 1. The lowest BCUT2D eigenvalue weighted by Gasteiger charge is -2.18. The number of nitrogens with zero attached hydrogens (tertiary/aromatic N) is 4. The number of aryl methyl sites for hydroxylation is 1. The highest BCUT2D eigenvalue weighted by Gasteiger charge is 2.31. The van der Waals surface area contributed by atoms with Gasteiger partial charge in [-0.1, -0.05) is 30.3 Å². The van der Waals surface area contributed by atoms with E-state index in [1.807, 2.05) is 50.2 Å². The van der Waals surface area contributed by atoms with Crippen molar-refractivity contribution < 1.29 is 18.7 Å². The second-order valence-electron chi connectivity index (χ2n) is 9.21. The maximum absolute atomic E-state index is 13.6. The molecule has 196 valence electrons. The van der Waals surface area contributed by atoms with Crippen LogP contribution < -0.4 is 10.6 Å². The van der Waals surface area contributed by atoms with Crippen LogP contribution in [0.15, 0.2) is 54.9 Å². The molecule has 0 aliphatic carbocycles. The van der Waals surface area contributed by atoms with Gasteiger partial charge in [0.25, 0.3) is 5.91 Å². The zero-order valence-corrected chi connectivity index (χ0v) is 21.8. The topological polar surface area (TPSA) is 109 Å². The summed E-state index contributed by atoms with van der Waals surface area (Å²) in [5.41, 5.74) is 2.50. The van der Waals surface area contributed by atoms with Gasteiger partial charge in [-0.3, -0.25) is 9.78 Å². The van der Waals surface area contributed by atoms with Crippen LogP contribution in [-0.4, -0.2) is 51.0 Å². The number of halogens is 1. The Balaban J connectivity index is 1.27. The molecule has 3 aromatic heterocycles. The lowest BCUT2D eigenvalue weighted by atomic mass is 10.1. The van der Waals surface area contributed by atoms with Crippen LogP contribution in [0.4, 0.5) is 15.1 Å². The van der Waals surface area contributed by atoms with Gasteiger partial charge in [0.1, 0.15) is 12.4 Å². The number of carbonyl (C=O) groups is 2. The number of thiophene rings is 1. The Morgan fingerprint density at radius 3 is 2.82 bits per heavy atom. The van der Waals surface area contributed by atoms with Crippen molar-refractivity contribution in [2.45, 2.75) is 39.0 Å². The highest BCUT2D eigenvalue weighted by molar-refractivity contribution is 7.19. The maximum Gasteiger partial charge on any atom is 0.407 e. The third kappa shape index (κ3) is 5.88. The molecule has 0 bridgehead atoms. The van der Waals surface area contributed by atoms with Gasteiger partial charge in [0.2, 0.25) is 5.95 Å². The molecule has 0 spiro atoms. The summed E-state index contributed by atoms with van der Waals surface area (Å²) >= 11 is 1.46. The van der Waals surface area contributed by atoms with E-state index in [2.05, 4.69) is 25.6 Å². The largest absolute Gasteiger partial charge is 0.445 e. The van der Waals surface area contributed by atoms with E-state index in [-0.39, 0.29) is 30.5 Å². The number of rotatable bonds is 7. The minimum Gasteiger partial charge on any atom is -0.445 e. The molecule has 0 saturated carbocycles. The van der Waals surface area contributed by atoms with E-state index in [1.54, 1.807) is 11.1 Å². The van der Waals surface area contributed by atoms with E-state index in [0.29, 0.717) is 41.0 Å². The van der Waals surface area contributed by atoms with Gasteiger partial charge in [0.05, 0.1) is 28.5 Å². The number of fused-ring (bicyclic) bond motifs is 1. The first kappa shape index (κ1) is 25.5. The van der Waals surface area contributed by atoms with Crippen LogP contribution in [-0.2, 0) is 11.3 Å². The quantitative estimate of drug-likeness (QED) is 0.349. The van der Waals surface area contributed by atoms with Gasteiger partial charge in [-0.2, -0.15) is 0 Å². The molecule has 4 aromatic rings. The number of amides is 2. The summed E-state index contributed by atoms with van der Waals surface area (Å²) in [6.45, 7) is 4.80. The van der Waals surface area contributed by atoms with Gasteiger partial charge in [0, 0.05) is 24.2 Å². The normalized spacial score (nSPS) is 15.9. The Bertz CT molecular complexity index is 1460. The molecule has 1 saturated heterocycles. The number of likely N-dealkylation sites (tertiary alicyclic amines) is 1. The number of ether oxygens (including phenoxy) is 1. The van der Waals surface area contributed by atoms with Crippen molar-refractivity contribution in [3.8, 4) is 0 Å². The summed E-state index contributed by atoms with van der Waals surface area (Å²) in [6, 6.07) is 12.2. The zero-order chi connectivity index (χ0) is 26.6. The summed E-state index contributed by atoms with van der Waals surface area (Å²) in [7, 11) is 0. The summed E-state index contributed by atoms with van der Waals surface area (Å²) < 4.78 is 19.7. The van der Waals surface area contributed by atoms with Gasteiger partial charge >= 0.3 is 6.09 Å². The molecule has 4 heterocycles. The number of aromatic nitrogens is 3. The molecule has 1 fully saturated rings. The van der Waals surface area contributed by atoms with E-state index in [9.17, 15) is 14.0 Å². The van der Waals surface area contributed by atoms with E-state index in [4.69, 9.17) is 4.74 Å². The van der Waals surface area contributed by atoms with Crippen molar-refractivity contribution in [2.75, 3.05) is 18.4 Å². The molecule has 2 N–H and O–H groups in total. The average Bonchev–Trinajstić information content (AvgIpc) is 3.53. The lowest BCUT2D eigenvalue weighted by Crippen LogP contribution is -2.39. The second kappa shape index (κ2) is 11.1. The minimum atomic E-state index is -0.515. The molecule has 1 aliphatic heterocycles. The Morgan fingerprint density at radius 1 is 1.21 bits per heavy atom. The number of alkyl carbamates (subject to hydrolysis) is 1. The predicted molar refractivity (Wildman–Crippen MR) is 142 cm³/mol. The third-order valence-electron chi connectivity index (χ3n) is 6.28. The van der Waals surface area contributed by atoms with Gasteiger partial charge < -0.3 is 20.3 Å². The van der Waals surface area contributed by atoms with Crippen LogP contribution in [0.25, 0.3) is 10.2 Å². The third-order valence-corrected chi connectivity index (χ3v) is 7.33. The van der Waals surface area contributed by atoms with Crippen molar-refractivity contribution >= 4 is 39.5 Å². The van der Waals surface area contributed by atoms with E-state index in [0.717, 1.165) is 16.6 Å². The van der Waals surface area contributed by atoms with Crippen LogP contribution in [0.1, 0.15) is 45.9 Å². The molecule has 38 heavy (non-hydrogen) atoms. The van der Waals surface area contributed by atoms with Crippen molar-refractivity contribution in [3.63, 3.8) is 0 Å². The minimum absolute atomic E-state index is 0.179. The van der Waals surface area contributed by atoms with Crippen LogP contribution in [0.2, 0.25) is 0 Å². The Hall–Kier alpha value is -4.12. The predicted octanol–water partition coefficient (Wildman–Crippen LogP) is 4.85. The fraction of sp³-hybridized carbons (Fsp3) is 0.296. The van der Waals surface area contributed by atoms with Crippen molar-refractivity contribution in [3.05, 3.63) is 82.4 Å². The molecule has 5 rings (SSSR count). The summed E-state index contributed by atoms with van der Waals surface area (Å²) in [4.78, 5) is 41.6. The van der Waals surface area contributed by atoms with Gasteiger partial charge in [-0.25, -0.2) is 19.2 Å². The molecule has 0 unspecified atom stereocenters. The molecule has 9 nitrogen and oxygen atoms in total. The Kier molecular flexibility index (Phi) is 7.45. The van der Waals surface area contributed by atoms with Crippen LogP contribution in [0, 0.1) is 12.7 Å². The first-order chi connectivity index (χ1) is 18.4. The lowest BCUT2D eigenvalue weighted by molar-refractivity contribution is 0.0783. The smallest absolute Gasteiger partial charge is 0.407 e. The van der Waals surface area contributed by atoms with Crippen molar-refractivity contribution in [1.82, 2.24) is 25.2 Å². The molecule has 2 amide bonds. The number of carbonyl (C=O) groups excluding carboxylic acids is 2. The van der Waals surface area contributed by atoms with Crippen LogP contribution >= 0.6 is 11.3 Å². The number of nitrogens with one attached hydrogen (secondary N) is 2. The molecular weight excluding hydrogens is 507 g/mol. The summed E-state index contributed by atoms with van der Waals surface area (Å²) in [6.07, 6.45) is 2.81. The number of anilines is 1. The van der Waals surface area contributed by atoms with Crippen molar-refractivity contribution in [2.24, 2.45) is 0 Å². The fourth-order valence-corrected chi connectivity index (χ4v) is 5.28. The van der Waals surface area contributed by atoms with Crippen LogP contribution in [0.5, 0.6) is 0 Å². The summed E-state index contributed by atoms with van der Waals surface area (Å²) in [5.74, 6) is -0.393. The number of hydrogen-bond acceptors (Lipinski definition) is 8. The molecule has 1 aromatic carbocycles. The van der Waals surface area contributed by atoms with Gasteiger partial charge in [0.15, 0.2) is 5.69 Å². The average molecular weight is 535 g/mol. The van der Waals surface area contributed by atoms with Crippen molar-refractivity contribution in [1.29, 1.82) is 0 Å². The number of hydrogen-bond donors (Lipinski definition) is 2. The standard InChI is InChI=1S/C27H27FN6O3S/c1-16-10-22-24(38-16)23(33-26(32-22)30-17(2)19-11-20(28)13-29-12-19)25(35)34-9-8-21(14-34)31-27(36)37-15-18-6-4-3-5-7-18/h3-7,10-13,17,21H,8-9,14-15H2,1-2H3,(H,31,36)(H,30,32,33)/t17-,21+/m0/s1. The molecule has 0 radical (unpaired) electrons. The highest BCUT2D eigenvalue weighted by Crippen LogP contribution is 2.30. The first-order valence-electron chi connectivity index (χ1n) is 12.3.